The maximum Gasteiger partial charge on any atom is 0.326 e. The summed E-state index contributed by atoms with van der Waals surface area (Å²) in [5, 5.41) is 22.2. The maximum absolute atomic E-state index is 11.7. The Bertz CT molecular complexity index is 535. The fourth-order valence-corrected chi connectivity index (χ4v) is 2.01. The number of anilines is 1. The van der Waals surface area contributed by atoms with Crippen LogP contribution in [-0.2, 0) is 9.59 Å². The van der Waals surface area contributed by atoms with Crippen LogP contribution in [0.2, 0.25) is 0 Å². The molecular formula is C13H16N2O5S. The molecule has 7 nitrogen and oxygen atoms in total. The van der Waals surface area contributed by atoms with E-state index in [1.54, 1.807) is 18.2 Å². The lowest BCUT2D eigenvalue weighted by Gasteiger charge is -2.14. The molecule has 0 radical (unpaired) electrons. The van der Waals surface area contributed by atoms with Crippen LogP contribution >= 0.6 is 11.8 Å². The number of thioether (sulfide) groups is 1. The van der Waals surface area contributed by atoms with Gasteiger partial charge in [-0.1, -0.05) is 6.07 Å². The van der Waals surface area contributed by atoms with Crippen molar-refractivity contribution in [3.63, 3.8) is 0 Å². The third-order valence-electron chi connectivity index (χ3n) is 2.58. The molecule has 0 bridgehead atoms. The molecule has 2 amide bonds. The number of nitrogens with one attached hydrogen (secondary N) is 2. The average molecular weight is 312 g/mol. The largest absolute Gasteiger partial charge is 0.481 e. The second-order valence-electron chi connectivity index (χ2n) is 4.15. The van der Waals surface area contributed by atoms with Crippen LogP contribution in [0.1, 0.15) is 12.8 Å². The zero-order valence-corrected chi connectivity index (χ0v) is 12.1. The van der Waals surface area contributed by atoms with Gasteiger partial charge in [0.2, 0.25) is 0 Å². The third kappa shape index (κ3) is 6.17. The number of carboxylic acid groups (broad SMARTS) is 2. The lowest BCUT2D eigenvalue weighted by molar-refractivity contribution is -0.140. The number of rotatable bonds is 7. The van der Waals surface area contributed by atoms with Gasteiger partial charge in [0.15, 0.2) is 0 Å². The summed E-state index contributed by atoms with van der Waals surface area (Å²) in [5.74, 6) is -2.39. The number of aliphatic carboxylic acids is 2. The summed E-state index contributed by atoms with van der Waals surface area (Å²) in [5.41, 5.74) is 0.529. The molecule has 1 aromatic carbocycles. The molecular weight excluding hydrogens is 296 g/mol. The SMILES string of the molecule is CSc1cccc(NC(=O)NC(CCC(=O)O)C(=O)O)c1. The summed E-state index contributed by atoms with van der Waals surface area (Å²) in [6, 6.07) is 5.13. The van der Waals surface area contributed by atoms with Crippen LogP contribution < -0.4 is 10.6 Å². The molecule has 8 heteroatoms. The first kappa shape index (κ1) is 16.8. The summed E-state index contributed by atoms with van der Waals surface area (Å²) in [6.07, 6.45) is 1.38. The molecule has 0 aliphatic carbocycles. The minimum Gasteiger partial charge on any atom is -0.481 e. The van der Waals surface area contributed by atoms with Crippen molar-refractivity contribution in [1.29, 1.82) is 0 Å². The van der Waals surface area contributed by atoms with Crippen LogP contribution in [0, 0.1) is 0 Å². The van der Waals surface area contributed by atoms with Crippen molar-refractivity contribution in [2.75, 3.05) is 11.6 Å². The Hall–Kier alpha value is -2.22. The van der Waals surface area contributed by atoms with Crippen molar-refractivity contribution in [1.82, 2.24) is 5.32 Å². The fraction of sp³-hybridized carbons (Fsp3) is 0.308. The highest BCUT2D eigenvalue weighted by molar-refractivity contribution is 7.98. The molecule has 0 aliphatic heterocycles. The predicted molar refractivity (Wildman–Crippen MR) is 78.7 cm³/mol. The number of urea groups is 1. The maximum atomic E-state index is 11.7. The van der Waals surface area contributed by atoms with Gasteiger partial charge in [-0.15, -0.1) is 11.8 Å². The van der Waals surface area contributed by atoms with Gasteiger partial charge in [0.25, 0.3) is 0 Å². The van der Waals surface area contributed by atoms with E-state index >= 15 is 0 Å². The van der Waals surface area contributed by atoms with E-state index in [-0.39, 0.29) is 12.8 Å². The molecule has 0 fully saturated rings. The Morgan fingerprint density at radius 1 is 1.29 bits per heavy atom. The van der Waals surface area contributed by atoms with Crippen LogP contribution in [0.15, 0.2) is 29.2 Å². The van der Waals surface area contributed by atoms with Crippen LogP contribution in [-0.4, -0.2) is 40.5 Å². The molecule has 0 aromatic heterocycles. The third-order valence-corrected chi connectivity index (χ3v) is 3.30. The van der Waals surface area contributed by atoms with E-state index in [0.717, 1.165) is 4.90 Å². The van der Waals surface area contributed by atoms with Crippen LogP contribution in [0.4, 0.5) is 10.5 Å². The van der Waals surface area contributed by atoms with Crippen molar-refractivity contribution in [3.05, 3.63) is 24.3 Å². The van der Waals surface area contributed by atoms with Gasteiger partial charge in [0.1, 0.15) is 6.04 Å². The fourth-order valence-electron chi connectivity index (χ4n) is 1.55. The molecule has 0 aliphatic rings. The van der Waals surface area contributed by atoms with Crippen molar-refractivity contribution in [2.24, 2.45) is 0 Å². The number of hydrogen-bond donors (Lipinski definition) is 4. The van der Waals surface area contributed by atoms with Crippen molar-refractivity contribution >= 4 is 35.4 Å². The molecule has 0 spiro atoms. The Morgan fingerprint density at radius 3 is 2.57 bits per heavy atom. The van der Waals surface area contributed by atoms with Gasteiger partial charge in [-0.2, -0.15) is 0 Å². The molecule has 4 N–H and O–H groups in total. The van der Waals surface area contributed by atoms with Crippen LogP contribution in [0.25, 0.3) is 0 Å². The first-order chi connectivity index (χ1) is 9.92. The van der Waals surface area contributed by atoms with Gasteiger partial charge in [0, 0.05) is 17.0 Å². The van der Waals surface area contributed by atoms with Gasteiger partial charge in [0.05, 0.1) is 0 Å². The quantitative estimate of drug-likeness (QED) is 0.571. The molecule has 0 heterocycles. The van der Waals surface area contributed by atoms with Crippen molar-refractivity contribution in [3.8, 4) is 0 Å². The van der Waals surface area contributed by atoms with Gasteiger partial charge in [-0.25, -0.2) is 9.59 Å². The van der Waals surface area contributed by atoms with Gasteiger partial charge in [-0.05, 0) is 30.9 Å². The normalized spacial score (nSPS) is 11.5. The summed E-state index contributed by atoms with van der Waals surface area (Å²) < 4.78 is 0. The average Bonchev–Trinajstić information content (AvgIpc) is 2.43. The minimum absolute atomic E-state index is 0.178. The van der Waals surface area contributed by atoms with Gasteiger partial charge >= 0.3 is 18.0 Å². The summed E-state index contributed by atoms with van der Waals surface area (Å²) in [7, 11) is 0. The van der Waals surface area contributed by atoms with Crippen molar-refractivity contribution < 1.29 is 24.6 Å². The van der Waals surface area contributed by atoms with E-state index in [9.17, 15) is 14.4 Å². The lowest BCUT2D eigenvalue weighted by Crippen LogP contribution is -2.43. The standard InChI is InChI=1S/C13H16N2O5S/c1-21-9-4-2-3-8(7-9)14-13(20)15-10(12(18)19)5-6-11(16)17/h2-4,7,10H,5-6H2,1H3,(H,16,17)(H,18,19)(H2,14,15,20). The second-order valence-corrected chi connectivity index (χ2v) is 5.03. The zero-order valence-electron chi connectivity index (χ0n) is 11.3. The summed E-state index contributed by atoms with van der Waals surface area (Å²) in [4.78, 5) is 34.1. The molecule has 1 atom stereocenters. The van der Waals surface area contributed by atoms with Crippen LogP contribution in [0.5, 0.6) is 0 Å². The van der Waals surface area contributed by atoms with E-state index in [4.69, 9.17) is 10.2 Å². The lowest BCUT2D eigenvalue weighted by atomic mass is 10.1. The highest BCUT2D eigenvalue weighted by Crippen LogP contribution is 2.18. The first-order valence-corrected chi connectivity index (χ1v) is 7.31. The van der Waals surface area contributed by atoms with Gasteiger partial charge in [-0.3, -0.25) is 4.79 Å². The van der Waals surface area contributed by atoms with E-state index in [1.807, 2.05) is 12.3 Å². The Morgan fingerprint density at radius 2 is 2.00 bits per heavy atom. The molecule has 21 heavy (non-hydrogen) atoms. The molecule has 0 saturated carbocycles. The first-order valence-electron chi connectivity index (χ1n) is 6.08. The predicted octanol–water partition coefficient (Wildman–Crippen LogP) is 1.85. The molecule has 1 unspecified atom stereocenters. The van der Waals surface area contributed by atoms with E-state index in [1.165, 1.54) is 11.8 Å². The topological polar surface area (TPSA) is 116 Å². The number of amides is 2. The van der Waals surface area contributed by atoms with Crippen LogP contribution in [0.3, 0.4) is 0 Å². The minimum atomic E-state index is -1.27. The van der Waals surface area contributed by atoms with E-state index < -0.39 is 24.0 Å². The summed E-state index contributed by atoms with van der Waals surface area (Å²) >= 11 is 1.51. The molecule has 1 aromatic rings. The second kappa shape index (κ2) is 8.15. The number of hydrogen-bond acceptors (Lipinski definition) is 4. The number of carbonyl (C=O) groups excluding carboxylic acids is 1. The molecule has 0 saturated heterocycles. The van der Waals surface area contributed by atoms with E-state index in [0.29, 0.717) is 5.69 Å². The van der Waals surface area contributed by atoms with Crippen molar-refractivity contribution in [2.45, 2.75) is 23.8 Å². The Balaban J connectivity index is 2.60. The Labute approximate surface area is 125 Å². The number of carbonyl (C=O) groups is 3. The van der Waals surface area contributed by atoms with E-state index in [2.05, 4.69) is 10.6 Å². The van der Waals surface area contributed by atoms with Gasteiger partial charge < -0.3 is 20.8 Å². The number of benzene rings is 1. The molecule has 114 valence electrons. The summed E-state index contributed by atoms with van der Waals surface area (Å²) in [6.45, 7) is 0. The number of carboxylic acids is 2. The highest BCUT2D eigenvalue weighted by Gasteiger charge is 2.20. The molecule has 1 rings (SSSR count). The Kier molecular flexibility index (Phi) is 6.54. The smallest absolute Gasteiger partial charge is 0.326 e. The highest BCUT2D eigenvalue weighted by atomic mass is 32.2. The monoisotopic (exact) mass is 312 g/mol. The zero-order chi connectivity index (χ0) is 15.8.